The summed E-state index contributed by atoms with van der Waals surface area (Å²) in [7, 11) is 8.01. The van der Waals surface area contributed by atoms with Crippen LogP contribution in [0.5, 0.6) is 5.75 Å². The zero-order valence-corrected chi connectivity index (χ0v) is 17.7. The van der Waals surface area contributed by atoms with Gasteiger partial charge in [-0.05, 0) is 31.4 Å². The van der Waals surface area contributed by atoms with E-state index in [9.17, 15) is 0 Å². The van der Waals surface area contributed by atoms with Crippen LogP contribution in [0.2, 0.25) is 0 Å². The number of hydrogen-bond donors (Lipinski definition) is 0. The van der Waals surface area contributed by atoms with E-state index in [1.165, 1.54) is 5.56 Å². The molecule has 1 aromatic rings. The molecule has 5 nitrogen and oxygen atoms in total. The van der Waals surface area contributed by atoms with E-state index in [4.69, 9.17) is 14.5 Å². The highest BCUT2D eigenvalue weighted by Crippen LogP contribution is 2.23. The third-order valence-corrected chi connectivity index (χ3v) is 3.86. The van der Waals surface area contributed by atoms with Crippen LogP contribution in [0.25, 0.3) is 0 Å². The molecule has 0 radical (unpaired) electrons. The van der Waals surface area contributed by atoms with Gasteiger partial charge in [0.15, 0.2) is 5.96 Å². The van der Waals surface area contributed by atoms with Crippen molar-refractivity contribution in [3.63, 3.8) is 0 Å². The minimum Gasteiger partial charge on any atom is -0.491 e. The van der Waals surface area contributed by atoms with Gasteiger partial charge in [0.05, 0.1) is 12.6 Å². The van der Waals surface area contributed by atoms with Gasteiger partial charge in [0.1, 0.15) is 12.4 Å². The van der Waals surface area contributed by atoms with Crippen molar-refractivity contribution in [3.8, 4) is 5.75 Å². The fraction of sp³-hybridized carbons (Fsp3) is 0.611. The summed E-state index contributed by atoms with van der Waals surface area (Å²) in [5, 5.41) is 0. The zero-order valence-electron chi connectivity index (χ0n) is 15.4. The molecule has 0 amide bonds. The van der Waals surface area contributed by atoms with Crippen LogP contribution in [-0.4, -0.2) is 63.3 Å². The van der Waals surface area contributed by atoms with Gasteiger partial charge in [0.2, 0.25) is 0 Å². The van der Waals surface area contributed by atoms with Gasteiger partial charge in [-0.3, -0.25) is 0 Å². The summed E-state index contributed by atoms with van der Waals surface area (Å²) in [6.45, 7) is 4.16. The Hall–Kier alpha value is -1.02. The van der Waals surface area contributed by atoms with Crippen molar-refractivity contribution < 1.29 is 9.47 Å². The molecule has 0 spiro atoms. The number of nitrogens with zero attached hydrogens (tertiary/aromatic N) is 3. The molecule has 0 saturated carbocycles. The van der Waals surface area contributed by atoms with Crippen molar-refractivity contribution in [1.29, 1.82) is 0 Å². The molecule has 0 N–H and O–H groups in total. The minimum atomic E-state index is 0. The summed E-state index contributed by atoms with van der Waals surface area (Å²) >= 11 is 0. The lowest BCUT2D eigenvalue weighted by Gasteiger charge is -2.23. The van der Waals surface area contributed by atoms with E-state index in [2.05, 4.69) is 25.1 Å². The summed E-state index contributed by atoms with van der Waals surface area (Å²) in [6, 6.07) is 6.30. The van der Waals surface area contributed by atoms with Gasteiger partial charge in [-0.15, -0.1) is 24.0 Å². The molecule has 24 heavy (non-hydrogen) atoms. The maximum Gasteiger partial charge on any atom is 0.195 e. The number of hydrogen-bond acceptors (Lipinski definition) is 3. The van der Waals surface area contributed by atoms with Crippen molar-refractivity contribution in [2.75, 3.05) is 41.4 Å². The largest absolute Gasteiger partial charge is 0.491 e. The lowest BCUT2D eigenvalue weighted by Crippen LogP contribution is -2.35. The fourth-order valence-corrected chi connectivity index (χ4v) is 2.72. The normalized spacial score (nSPS) is 16.3. The highest BCUT2D eigenvalue weighted by Gasteiger charge is 2.17. The molecule has 0 bridgehead atoms. The second-order valence-corrected chi connectivity index (χ2v) is 6.46. The van der Waals surface area contributed by atoms with Gasteiger partial charge in [0, 0.05) is 40.4 Å². The summed E-state index contributed by atoms with van der Waals surface area (Å²) < 4.78 is 11.7. The topological polar surface area (TPSA) is 37.3 Å². The zero-order chi connectivity index (χ0) is 16.8. The van der Waals surface area contributed by atoms with E-state index < -0.39 is 0 Å². The number of benzene rings is 1. The van der Waals surface area contributed by atoms with Crippen LogP contribution in [-0.2, 0) is 11.3 Å². The monoisotopic (exact) mass is 447 g/mol. The summed E-state index contributed by atoms with van der Waals surface area (Å²) in [6.07, 6.45) is 2.45. The van der Waals surface area contributed by atoms with E-state index >= 15 is 0 Å². The molecule has 1 atom stereocenters. The molecule has 1 aliphatic heterocycles. The SMILES string of the molecule is Cc1ccc(CN=C(N(C)C)N(C)C)c(OCC2CCCO2)c1.I. The Kier molecular flexibility index (Phi) is 8.83. The predicted molar refractivity (Wildman–Crippen MR) is 110 cm³/mol. The van der Waals surface area contributed by atoms with Crippen molar-refractivity contribution in [3.05, 3.63) is 29.3 Å². The van der Waals surface area contributed by atoms with Crippen LogP contribution in [0.15, 0.2) is 23.2 Å². The van der Waals surface area contributed by atoms with Crippen LogP contribution in [0, 0.1) is 6.92 Å². The molecule has 1 saturated heterocycles. The maximum absolute atomic E-state index is 6.03. The predicted octanol–water partition coefficient (Wildman–Crippen LogP) is 3.15. The summed E-state index contributed by atoms with van der Waals surface area (Å²) in [5.74, 6) is 1.86. The second-order valence-electron chi connectivity index (χ2n) is 6.46. The maximum atomic E-state index is 6.03. The van der Waals surface area contributed by atoms with Crippen molar-refractivity contribution in [2.24, 2.45) is 4.99 Å². The number of rotatable bonds is 5. The van der Waals surface area contributed by atoms with E-state index in [1.807, 2.05) is 38.0 Å². The minimum absolute atomic E-state index is 0. The average Bonchev–Trinajstić information content (AvgIpc) is 2.99. The molecular weight excluding hydrogens is 417 g/mol. The second kappa shape index (κ2) is 10.1. The number of aryl methyl sites for hydroxylation is 1. The first kappa shape index (κ1) is 21.0. The van der Waals surface area contributed by atoms with Gasteiger partial charge < -0.3 is 19.3 Å². The molecule has 2 rings (SSSR count). The molecule has 136 valence electrons. The standard InChI is InChI=1S/C18H29N3O2.HI/c1-14-8-9-15(12-19-18(20(2)3)21(4)5)17(11-14)23-13-16-7-6-10-22-16;/h8-9,11,16H,6-7,10,12-13H2,1-5H3;1H. The molecule has 1 fully saturated rings. The number of ether oxygens (including phenoxy) is 2. The molecule has 1 heterocycles. The lowest BCUT2D eigenvalue weighted by atomic mass is 10.1. The third-order valence-electron chi connectivity index (χ3n) is 3.86. The third kappa shape index (κ3) is 6.12. The van der Waals surface area contributed by atoms with Gasteiger partial charge in [-0.25, -0.2) is 4.99 Å². The Morgan fingerprint density at radius 1 is 1.25 bits per heavy atom. The Bertz CT molecular complexity index is 531. The van der Waals surface area contributed by atoms with Gasteiger partial charge in [-0.2, -0.15) is 0 Å². The van der Waals surface area contributed by atoms with Crippen molar-refractivity contribution >= 4 is 29.9 Å². The number of halogens is 1. The first-order valence-electron chi connectivity index (χ1n) is 8.20. The summed E-state index contributed by atoms with van der Waals surface area (Å²) in [4.78, 5) is 8.75. The van der Waals surface area contributed by atoms with Gasteiger partial charge in [0.25, 0.3) is 0 Å². The van der Waals surface area contributed by atoms with Crippen LogP contribution in [0.4, 0.5) is 0 Å². The average molecular weight is 447 g/mol. The molecule has 6 heteroatoms. The molecule has 1 aliphatic rings. The fourth-order valence-electron chi connectivity index (χ4n) is 2.72. The van der Waals surface area contributed by atoms with Crippen LogP contribution < -0.4 is 4.74 Å². The first-order valence-corrected chi connectivity index (χ1v) is 8.20. The lowest BCUT2D eigenvalue weighted by molar-refractivity contribution is 0.0676. The Labute approximate surface area is 163 Å². The molecule has 1 unspecified atom stereocenters. The Morgan fingerprint density at radius 2 is 1.96 bits per heavy atom. The van der Waals surface area contributed by atoms with Gasteiger partial charge >= 0.3 is 0 Å². The van der Waals surface area contributed by atoms with Crippen LogP contribution in [0.3, 0.4) is 0 Å². The van der Waals surface area contributed by atoms with Crippen LogP contribution >= 0.6 is 24.0 Å². The van der Waals surface area contributed by atoms with E-state index in [-0.39, 0.29) is 30.1 Å². The summed E-state index contributed by atoms with van der Waals surface area (Å²) in [5.41, 5.74) is 2.30. The molecule has 0 aliphatic carbocycles. The smallest absolute Gasteiger partial charge is 0.195 e. The highest BCUT2D eigenvalue weighted by atomic mass is 127. The van der Waals surface area contributed by atoms with E-state index in [1.54, 1.807) is 0 Å². The Balaban J connectivity index is 0.00000288. The van der Waals surface area contributed by atoms with E-state index in [0.717, 1.165) is 36.7 Å². The van der Waals surface area contributed by atoms with Crippen molar-refractivity contribution in [2.45, 2.75) is 32.4 Å². The molecule has 1 aromatic carbocycles. The molecular formula is C18H30IN3O2. The highest BCUT2D eigenvalue weighted by molar-refractivity contribution is 14.0. The van der Waals surface area contributed by atoms with Crippen LogP contribution in [0.1, 0.15) is 24.0 Å². The quantitative estimate of drug-likeness (QED) is 0.395. The number of guanidine groups is 1. The Morgan fingerprint density at radius 3 is 2.54 bits per heavy atom. The van der Waals surface area contributed by atoms with Gasteiger partial charge in [-0.1, -0.05) is 12.1 Å². The van der Waals surface area contributed by atoms with Crippen molar-refractivity contribution in [1.82, 2.24) is 9.80 Å². The number of aliphatic imine (C=N–C) groups is 1. The molecule has 0 aromatic heterocycles. The van der Waals surface area contributed by atoms with E-state index in [0.29, 0.717) is 13.2 Å². The first-order chi connectivity index (χ1) is 11.0.